The molecular formula is C14H19N3O2. The predicted octanol–water partition coefficient (Wildman–Crippen LogP) is 1.93. The zero-order valence-corrected chi connectivity index (χ0v) is 11.3. The molecule has 0 aliphatic heterocycles. The van der Waals surface area contributed by atoms with Crippen LogP contribution in [-0.2, 0) is 12.8 Å². The van der Waals surface area contributed by atoms with Crippen LogP contribution in [0.4, 0.5) is 0 Å². The maximum absolute atomic E-state index is 5.83. The zero-order chi connectivity index (χ0) is 13.7. The third-order valence-corrected chi connectivity index (χ3v) is 3.08. The summed E-state index contributed by atoms with van der Waals surface area (Å²) in [6.45, 7) is 2.44. The van der Waals surface area contributed by atoms with Crippen LogP contribution in [0.1, 0.15) is 30.2 Å². The molecule has 1 aromatic carbocycles. The van der Waals surface area contributed by atoms with Gasteiger partial charge >= 0.3 is 0 Å². The number of methoxy groups -OCH3 is 1. The standard InChI is InChI=1S/C14H19N3O2/c1-3-13-16-17-14(19-13)11(9-15)8-10-6-4-5-7-12(10)18-2/h4-7,11H,3,8-9,15H2,1-2H3. The molecule has 5 nitrogen and oxygen atoms in total. The minimum Gasteiger partial charge on any atom is -0.496 e. The highest BCUT2D eigenvalue weighted by Crippen LogP contribution is 2.25. The van der Waals surface area contributed by atoms with E-state index in [1.165, 1.54) is 0 Å². The third kappa shape index (κ3) is 3.12. The Morgan fingerprint density at radius 3 is 2.74 bits per heavy atom. The van der Waals surface area contributed by atoms with Gasteiger partial charge in [0.15, 0.2) is 0 Å². The Hall–Kier alpha value is -1.88. The summed E-state index contributed by atoms with van der Waals surface area (Å²) in [6.07, 6.45) is 1.46. The van der Waals surface area contributed by atoms with Gasteiger partial charge in [0.1, 0.15) is 5.75 Å². The molecule has 0 radical (unpaired) electrons. The second-order valence-electron chi connectivity index (χ2n) is 4.34. The van der Waals surface area contributed by atoms with Crippen LogP contribution in [0, 0.1) is 0 Å². The van der Waals surface area contributed by atoms with Crippen LogP contribution in [0.15, 0.2) is 28.7 Å². The van der Waals surface area contributed by atoms with Crippen molar-refractivity contribution >= 4 is 0 Å². The molecule has 0 aliphatic rings. The second-order valence-corrected chi connectivity index (χ2v) is 4.34. The summed E-state index contributed by atoms with van der Waals surface area (Å²) in [7, 11) is 1.66. The van der Waals surface area contributed by atoms with Crippen molar-refractivity contribution in [3.8, 4) is 5.75 Å². The van der Waals surface area contributed by atoms with Gasteiger partial charge in [-0.3, -0.25) is 0 Å². The van der Waals surface area contributed by atoms with Crippen LogP contribution in [0.25, 0.3) is 0 Å². The van der Waals surface area contributed by atoms with E-state index in [1.54, 1.807) is 7.11 Å². The first-order valence-corrected chi connectivity index (χ1v) is 6.42. The number of benzene rings is 1. The molecule has 1 heterocycles. The van der Waals surface area contributed by atoms with Gasteiger partial charge in [-0.25, -0.2) is 0 Å². The lowest BCUT2D eigenvalue weighted by Gasteiger charge is -2.13. The average molecular weight is 261 g/mol. The van der Waals surface area contributed by atoms with Crippen molar-refractivity contribution in [3.63, 3.8) is 0 Å². The Morgan fingerprint density at radius 1 is 1.32 bits per heavy atom. The lowest BCUT2D eigenvalue weighted by molar-refractivity contribution is 0.397. The molecule has 0 spiro atoms. The van der Waals surface area contributed by atoms with Crippen molar-refractivity contribution in [1.82, 2.24) is 10.2 Å². The molecule has 2 aromatic rings. The minimum atomic E-state index is 0.0177. The first-order valence-electron chi connectivity index (χ1n) is 6.42. The molecule has 0 saturated heterocycles. The largest absolute Gasteiger partial charge is 0.496 e. The lowest BCUT2D eigenvalue weighted by atomic mass is 9.98. The van der Waals surface area contributed by atoms with Crippen molar-refractivity contribution in [2.75, 3.05) is 13.7 Å². The summed E-state index contributed by atoms with van der Waals surface area (Å²) in [6, 6.07) is 7.89. The molecule has 19 heavy (non-hydrogen) atoms. The van der Waals surface area contributed by atoms with E-state index in [2.05, 4.69) is 10.2 Å². The number of rotatable bonds is 6. The highest BCUT2D eigenvalue weighted by Gasteiger charge is 2.19. The van der Waals surface area contributed by atoms with E-state index in [-0.39, 0.29) is 5.92 Å². The van der Waals surface area contributed by atoms with Crippen molar-refractivity contribution in [2.45, 2.75) is 25.7 Å². The molecule has 2 rings (SSSR count). The monoisotopic (exact) mass is 261 g/mol. The fraction of sp³-hybridized carbons (Fsp3) is 0.429. The van der Waals surface area contributed by atoms with Crippen LogP contribution >= 0.6 is 0 Å². The Balaban J connectivity index is 2.18. The first kappa shape index (κ1) is 13.5. The van der Waals surface area contributed by atoms with Gasteiger partial charge in [0.25, 0.3) is 0 Å². The highest BCUT2D eigenvalue weighted by molar-refractivity contribution is 5.34. The van der Waals surface area contributed by atoms with Crippen molar-refractivity contribution in [2.24, 2.45) is 5.73 Å². The molecule has 1 aromatic heterocycles. The Kier molecular flexibility index (Phi) is 4.52. The number of nitrogens with zero attached hydrogens (tertiary/aromatic N) is 2. The maximum atomic E-state index is 5.83. The summed E-state index contributed by atoms with van der Waals surface area (Å²) in [5.41, 5.74) is 6.92. The van der Waals surface area contributed by atoms with Crippen molar-refractivity contribution < 1.29 is 9.15 Å². The van der Waals surface area contributed by atoms with Crippen LogP contribution in [0.2, 0.25) is 0 Å². The van der Waals surface area contributed by atoms with Crippen LogP contribution in [0.3, 0.4) is 0 Å². The van der Waals surface area contributed by atoms with Gasteiger partial charge < -0.3 is 14.9 Å². The fourth-order valence-corrected chi connectivity index (χ4v) is 1.98. The maximum Gasteiger partial charge on any atom is 0.221 e. The molecule has 0 fully saturated rings. The van der Waals surface area contributed by atoms with E-state index in [0.717, 1.165) is 24.2 Å². The first-order chi connectivity index (χ1) is 9.28. The second kappa shape index (κ2) is 6.33. The van der Waals surface area contributed by atoms with Crippen molar-refractivity contribution in [1.29, 1.82) is 0 Å². The van der Waals surface area contributed by atoms with Gasteiger partial charge in [-0.15, -0.1) is 10.2 Å². The summed E-state index contributed by atoms with van der Waals surface area (Å²) in [5.74, 6) is 2.12. The van der Waals surface area contributed by atoms with Gasteiger partial charge in [0.05, 0.1) is 13.0 Å². The molecule has 0 aliphatic carbocycles. The van der Waals surface area contributed by atoms with E-state index >= 15 is 0 Å². The smallest absolute Gasteiger partial charge is 0.221 e. The third-order valence-electron chi connectivity index (χ3n) is 3.08. The van der Waals surface area contributed by atoms with Crippen LogP contribution in [0.5, 0.6) is 5.75 Å². The molecule has 0 bridgehead atoms. The quantitative estimate of drug-likeness (QED) is 0.860. The van der Waals surface area contributed by atoms with E-state index < -0.39 is 0 Å². The van der Waals surface area contributed by atoms with Gasteiger partial charge in [0, 0.05) is 13.0 Å². The van der Waals surface area contributed by atoms with Gasteiger partial charge in [-0.2, -0.15) is 0 Å². The summed E-state index contributed by atoms with van der Waals surface area (Å²) >= 11 is 0. The normalized spacial score (nSPS) is 12.4. The topological polar surface area (TPSA) is 74.2 Å². The van der Waals surface area contributed by atoms with Gasteiger partial charge in [-0.1, -0.05) is 25.1 Å². The molecule has 102 valence electrons. The molecule has 2 N–H and O–H groups in total. The molecule has 1 atom stereocenters. The molecule has 5 heteroatoms. The summed E-state index contributed by atoms with van der Waals surface area (Å²) in [4.78, 5) is 0. The SMILES string of the molecule is CCc1nnc(C(CN)Cc2ccccc2OC)o1. The van der Waals surface area contributed by atoms with E-state index in [9.17, 15) is 0 Å². The molecule has 1 unspecified atom stereocenters. The summed E-state index contributed by atoms with van der Waals surface area (Å²) < 4.78 is 10.9. The Bertz CT molecular complexity index is 525. The number of hydrogen-bond acceptors (Lipinski definition) is 5. The zero-order valence-electron chi connectivity index (χ0n) is 11.3. The van der Waals surface area contributed by atoms with Crippen LogP contribution < -0.4 is 10.5 Å². The number of para-hydroxylation sites is 1. The summed E-state index contributed by atoms with van der Waals surface area (Å²) in [5, 5.41) is 8.06. The minimum absolute atomic E-state index is 0.0177. The Morgan fingerprint density at radius 2 is 2.11 bits per heavy atom. The number of aromatic nitrogens is 2. The van der Waals surface area contributed by atoms with E-state index in [0.29, 0.717) is 18.3 Å². The predicted molar refractivity (Wildman–Crippen MR) is 72.2 cm³/mol. The van der Waals surface area contributed by atoms with Gasteiger partial charge in [0.2, 0.25) is 11.8 Å². The number of aryl methyl sites for hydroxylation is 1. The molecule has 0 saturated carbocycles. The fourth-order valence-electron chi connectivity index (χ4n) is 1.98. The van der Waals surface area contributed by atoms with Crippen LogP contribution in [-0.4, -0.2) is 23.9 Å². The number of hydrogen-bond donors (Lipinski definition) is 1. The van der Waals surface area contributed by atoms with Gasteiger partial charge in [-0.05, 0) is 18.1 Å². The number of ether oxygens (including phenoxy) is 1. The molecule has 0 amide bonds. The highest BCUT2D eigenvalue weighted by atomic mass is 16.5. The number of nitrogens with two attached hydrogens (primary N) is 1. The average Bonchev–Trinajstić information content (AvgIpc) is 2.93. The Labute approximate surface area is 112 Å². The van der Waals surface area contributed by atoms with Crippen molar-refractivity contribution in [3.05, 3.63) is 41.6 Å². The van der Waals surface area contributed by atoms with E-state index in [4.69, 9.17) is 14.9 Å². The molecular weight excluding hydrogens is 242 g/mol. The van der Waals surface area contributed by atoms with E-state index in [1.807, 2.05) is 31.2 Å². The lowest BCUT2D eigenvalue weighted by Crippen LogP contribution is -2.16.